The van der Waals surface area contributed by atoms with Gasteiger partial charge in [-0.2, -0.15) is 15.0 Å². The molecule has 0 amide bonds. The maximum Gasteiger partial charge on any atom is 0.229 e. The van der Waals surface area contributed by atoms with E-state index in [1.165, 1.54) is 12.8 Å². The van der Waals surface area contributed by atoms with Crippen molar-refractivity contribution in [1.82, 2.24) is 19.9 Å². The molecule has 1 aromatic rings. The fourth-order valence-corrected chi connectivity index (χ4v) is 2.52. The van der Waals surface area contributed by atoms with E-state index in [1.54, 1.807) is 0 Å². The molecule has 2 N–H and O–H groups in total. The minimum atomic E-state index is 0.187. The number of rotatable bonds is 3. The Hall–Kier alpha value is -1.43. The second-order valence-corrected chi connectivity index (χ2v) is 5.66. The Morgan fingerprint density at radius 2 is 2.05 bits per heavy atom. The molecule has 0 unspecified atom stereocenters. The van der Waals surface area contributed by atoms with Crippen molar-refractivity contribution in [2.75, 3.05) is 37.8 Å². The zero-order chi connectivity index (χ0) is 14.0. The number of nitrogens with two attached hydrogens (primary N) is 1. The van der Waals surface area contributed by atoms with Crippen LogP contribution in [-0.4, -0.2) is 47.0 Å². The van der Waals surface area contributed by atoms with Gasteiger partial charge in [0.05, 0.1) is 6.04 Å². The highest BCUT2D eigenvalue weighted by Crippen LogP contribution is 2.25. The van der Waals surface area contributed by atoms with Crippen LogP contribution < -0.4 is 10.6 Å². The van der Waals surface area contributed by atoms with E-state index >= 15 is 0 Å². The lowest BCUT2D eigenvalue weighted by atomic mass is 9.99. The molecule has 0 radical (unpaired) electrons. The van der Waals surface area contributed by atoms with E-state index in [-0.39, 0.29) is 6.04 Å². The minimum Gasteiger partial charge on any atom is -0.368 e. The summed E-state index contributed by atoms with van der Waals surface area (Å²) in [4.78, 5) is 17.2. The molecule has 0 aromatic carbocycles. The standard InChI is InChI=1S/C13H24N6/c1-9-6-5-7-19(8-9)10(2)11-15-12(14)17-13(16-11)18(3)4/h9-10H,5-8H2,1-4H3,(H2,14,15,16,17)/t9-,10+/m1/s1. The number of hydrogen-bond donors (Lipinski definition) is 1. The van der Waals surface area contributed by atoms with Gasteiger partial charge in [0.25, 0.3) is 0 Å². The van der Waals surface area contributed by atoms with Crippen LogP contribution in [0.4, 0.5) is 11.9 Å². The van der Waals surface area contributed by atoms with E-state index in [2.05, 4.69) is 33.7 Å². The topological polar surface area (TPSA) is 71.2 Å². The number of piperidine rings is 1. The molecule has 0 saturated carbocycles. The van der Waals surface area contributed by atoms with Gasteiger partial charge in [0.1, 0.15) is 0 Å². The Bertz CT molecular complexity index is 433. The molecule has 1 aliphatic rings. The van der Waals surface area contributed by atoms with Crippen molar-refractivity contribution in [1.29, 1.82) is 0 Å². The Kier molecular flexibility index (Phi) is 4.19. The molecule has 0 bridgehead atoms. The summed E-state index contributed by atoms with van der Waals surface area (Å²) in [6, 6.07) is 0.187. The van der Waals surface area contributed by atoms with Gasteiger partial charge in [-0.3, -0.25) is 4.90 Å². The number of hydrogen-bond acceptors (Lipinski definition) is 6. The quantitative estimate of drug-likeness (QED) is 0.887. The highest BCUT2D eigenvalue weighted by Gasteiger charge is 2.24. The second kappa shape index (κ2) is 5.69. The third-order valence-electron chi connectivity index (χ3n) is 3.67. The molecular formula is C13H24N6. The summed E-state index contributed by atoms with van der Waals surface area (Å²) in [7, 11) is 3.82. The Morgan fingerprint density at radius 3 is 2.68 bits per heavy atom. The Morgan fingerprint density at radius 1 is 1.32 bits per heavy atom. The summed E-state index contributed by atoms with van der Waals surface area (Å²) in [5.41, 5.74) is 5.78. The predicted molar refractivity (Wildman–Crippen MR) is 77.0 cm³/mol. The van der Waals surface area contributed by atoms with Crippen LogP contribution >= 0.6 is 0 Å². The molecule has 106 valence electrons. The molecule has 0 aliphatic carbocycles. The van der Waals surface area contributed by atoms with Crippen LogP contribution in [0.3, 0.4) is 0 Å². The summed E-state index contributed by atoms with van der Waals surface area (Å²) >= 11 is 0. The molecular weight excluding hydrogens is 240 g/mol. The van der Waals surface area contributed by atoms with Crippen molar-refractivity contribution < 1.29 is 0 Å². The van der Waals surface area contributed by atoms with Crippen LogP contribution in [0, 0.1) is 5.92 Å². The molecule has 2 atom stereocenters. The third kappa shape index (κ3) is 3.32. The van der Waals surface area contributed by atoms with Crippen molar-refractivity contribution in [2.45, 2.75) is 32.7 Å². The number of likely N-dealkylation sites (tertiary alicyclic amines) is 1. The summed E-state index contributed by atoms with van der Waals surface area (Å²) < 4.78 is 0. The van der Waals surface area contributed by atoms with Crippen molar-refractivity contribution >= 4 is 11.9 Å². The third-order valence-corrected chi connectivity index (χ3v) is 3.67. The highest BCUT2D eigenvalue weighted by atomic mass is 15.3. The molecule has 6 nitrogen and oxygen atoms in total. The molecule has 2 rings (SSSR count). The van der Waals surface area contributed by atoms with Crippen LogP contribution in [0.2, 0.25) is 0 Å². The lowest BCUT2D eigenvalue weighted by Crippen LogP contribution is -2.37. The summed E-state index contributed by atoms with van der Waals surface area (Å²) in [5, 5.41) is 0. The molecule has 1 fully saturated rings. The van der Waals surface area contributed by atoms with Crippen molar-refractivity contribution in [3.05, 3.63) is 5.82 Å². The van der Waals surface area contributed by atoms with Gasteiger partial charge in [-0.25, -0.2) is 0 Å². The maximum absolute atomic E-state index is 5.78. The van der Waals surface area contributed by atoms with Gasteiger partial charge in [0.15, 0.2) is 5.82 Å². The van der Waals surface area contributed by atoms with Crippen LogP contribution in [-0.2, 0) is 0 Å². The fraction of sp³-hybridized carbons (Fsp3) is 0.769. The maximum atomic E-state index is 5.78. The molecule has 1 saturated heterocycles. The normalized spacial score (nSPS) is 22.2. The summed E-state index contributed by atoms with van der Waals surface area (Å²) in [6.45, 7) is 6.65. The zero-order valence-electron chi connectivity index (χ0n) is 12.3. The molecule has 1 aromatic heterocycles. The van der Waals surface area contributed by atoms with E-state index in [9.17, 15) is 0 Å². The highest BCUT2D eigenvalue weighted by molar-refractivity contribution is 5.33. The van der Waals surface area contributed by atoms with Crippen LogP contribution in [0.25, 0.3) is 0 Å². The second-order valence-electron chi connectivity index (χ2n) is 5.66. The van der Waals surface area contributed by atoms with E-state index in [0.717, 1.165) is 24.8 Å². The van der Waals surface area contributed by atoms with Gasteiger partial charge in [-0.15, -0.1) is 0 Å². The van der Waals surface area contributed by atoms with Crippen molar-refractivity contribution in [3.8, 4) is 0 Å². The summed E-state index contributed by atoms with van der Waals surface area (Å²) in [6.07, 6.45) is 2.55. The predicted octanol–water partition coefficient (Wildman–Crippen LogP) is 1.31. The van der Waals surface area contributed by atoms with Crippen LogP contribution in [0.15, 0.2) is 0 Å². The average Bonchev–Trinajstić information content (AvgIpc) is 2.37. The van der Waals surface area contributed by atoms with Gasteiger partial charge in [-0.1, -0.05) is 6.92 Å². The van der Waals surface area contributed by atoms with Crippen molar-refractivity contribution in [2.24, 2.45) is 5.92 Å². The van der Waals surface area contributed by atoms with E-state index < -0.39 is 0 Å². The average molecular weight is 264 g/mol. The first-order valence-corrected chi connectivity index (χ1v) is 6.90. The molecule has 0 spiro atoms. The number of nitrogen functional groups attached to an aromatic ring is 1. The first kappa shape index (κ1) is 14.0. The SMILES string of the molecule is C[C@@H]1CCCN([C@@H](C)c2nc(N)nc(N(C)C)n2)C1. The number of nitrogens with zero attached hydrogens (tertiary/aromatic N) is 5. The van der Waals surface area contributed by atoms with Crippen LogP contribution in [0.1, 0.15) is 38.6 Å². The zero-order valence-corrected chi connectivity index (χ0v) is 12.3. The largest absolute Gasteiger partial charge is 0.368 e. The smallest absolute Gasteiger partial charge is 0.229 e. The van der Waals surface area contributed by atoms with Gasteiger partial charge in [-0.05, 0) is 32.2 Å². The number of aromatic nitrogens is 3. The lowest BCUT2D eigenvalue weighted by molar-refractivity contribution is 0.134. The van der Waals surface area contributed by atoms with E-state index in [1.807, 2.05) is 19.0 Å². The Balaban J connectivity index is 2.20. The summed E-state index contributed by atoms with van der Waals surface area (Å²) in [5.74, 6) is 2.43. The first-order valence-electron chi connectivity index (χ1n) is 6.90. The molecule has 19 heavy (non-hydrogen) atoms. The monoisotopic (exact) mass is 264 g/mol. The molecule has 2 heterocycles. The van der Waals surface area contributed by atoms with Crippen molar-refractivity contribution in [3.63, 3.8) is 0 Å². The Labute approximate surface area is 115 Å². The lowest BCUT2D eigenvalue weighted by Gasteiger charge is -2.34. The molecule has 6 heteroatoms. The van der Waals surface area contributed by atoms with Gasteiger partial charge < -0.3 is 10.6 Å². The first-order chi connectivity index (χ1) is 8.97. The van der Waals surface area contributed by atoms with Gasteiger partial charge in [0, 0.05) is 20.6 Å². The van der Waals surface area contributed by atoms with E-state index in [4.69, 9.17) is 5.73 Å². The van der Waals surface area contributed by atoms with E-state index in [0.29, 0.717) is 11.9 Å². The van der Waals surface area contributed by atoms with Gasteiger partial charge >= 0.3 is 0 Å². The fourth-order valence-electron chi connectivity index (χ4n) is 2.52. The van der Waals surface area contributed by atoms with Crippen LogP contribution in [0.5, 0.6) is 0 Å². The minimum absolute atomic E-state index is 0.187. The van der Waals surface area contributed by atoms with Gasteiger partial charge in [0.2, 0.25) is 11.9 Å². The molecule has 1 aliphatic heterocycles. The number of anilines is 2.